The van der Waals surface area contributed by atoms with E-state index in [1.807, 2.05) is 13.1 Å². The fraction of sp³-hybridized carbons (Fsp3) is 0.700. The molecule has 0 radical (unpaired) electrons. The van der Waals surface area contributed by atoms with E-state index in [-0.39, 0.29) is 18.9 Å². The highest BCUT2D eigenvalue weighted by Crippen LogP contribution is 2.58. The van der Waals surface area contributed by atoms with Crippen molar-refractivity contribution < 1.29 is 13.5 Å². The van der Waals surface area contributed by atoms with Gasteiger partial charge < -0.3 is 4.74 Å². The summed E-state index contributed by atoms with van der Waals surface area (Å²) in [5.74, 6) is -2.55. The summed E-state index contributed by atoms with van der Waals surface area (Å²) >= 11 is 0. The molecule has 1 saturated heterocycles. The predicted octanol–water partition coefficient (Wildman–Crippen LogP) is 1.83. The van der Waals surface area contributed by atoms with Crippen molar-refractivity contribution in [3.8, 4) is 0 Å². The maximum atomic E-state index is 13.1. The van der Waals surface area contributed by atoms with Gasteiger partial charge in [-0.15, -0.1) is 0 Å². The lowest BCUT2D eigenvalue weighted by molar-refractivity contribution is -0.0332. The first kappa shape index (κ1) is 9.27. The Bertz CT molecular complexity index is 404. The van der Waals surface area contributed by atoms with E-state index in [4.69, 9.17) is 4.74 Å². The van der Waals surface area contributed by atoms with Gasteiger partial charge in [0.1, 0.15) is 5.60 Å². The number of aromatic nitrogens is 2. The third-order valence-electron chi connectivity index (χ3n) is 3.42. The van der Waals surface area contributed by atoms with Crippen LogP contribution in [-0.4, -0.2) is 21.8 Å². The van der Waals surface area contributed by atoms with Crippen LogP contribution in [0.1, 0.15) is 25.0 Å². The molecular formula is C10H12F2N2O. The van der Waals surface area contributed by atoms with Gasteiger partial charge in [0, 0.05) is 26.1 Å². The molecule has 0 unspecified atom stereocenters. The minimum atomic E-state index is -2.55. The third-order valence-corrected chi connectivity index (χ3v) is 3.42. The summed E-state index contributed by atoms with van der Waals surface area (Å²) in [7, 11) is 1.82. The molecule has 82 valence electrons. The molecule has 2 aliphatic rings. The molecule has 0 N–H and O–H groups in total. The van der Waals surface area contributed by atoms with E-state index in [2.05, 4.69) is 5.10 Å². The number of ether oxygens (including phenoxy) is 1. The Morgan fingerprint density at radius 1 is 1.53 bits per heavy atom. The molecule has 0 spiro atoms. The van der Waals surface area contributed by atoms with Crippen molar-refractivity contribution >= 4 is 0 Å². The van der Waals surface area contributed by atoms with E-state index in [0.717, 1.165) is 5.69 Å². The molecule has 3 nitrogen and oxygen atoms in total. The molecule has 1 saturated carbocycles. The number of fused-ring (bicyclic) bond motifs is 1. The van der Waals surface area contributed by atoms with Crippen molar-refractivity contribution in [2.24, 2.45) is 7.05 Å². The number of epoxide rings is 1. The van der Waals surface area contributed by atoms with Gasteiger partial charge in [-0.05, 0) is 12.5 Å². The third kappa shape index (κ3) is 1.22. The molecule has 2 fully saturated rings. The van der Waals surface area contributed by atoms with E-state index >= 15 is 0 Å². The van der Waals surface area contributed by atoms with Crippen LogP contribution in [0.3, 0.4) is 0 Å². The van der Waals surface area contributed by atoms with Gasteiger partial charge in [0.15, 0.2) is 0 Å². The zero-order valence-corrected chi connectivity index (χ0v) is 8.41. The first-order valence-electron chi connectivity index (χ1n) is 5.08. The summed E-state index contributed by atoms with van der Waals surface area (Å²) in [5, 5.41) is 4.05. The number of alkyl halides is 2. The molecule has 5 heteroatoms. The average molecular weight is 214 g/mol. The number of aryl methyl sites for hydroxylation is 1. The van der Waals surface area contributed by atoms with E-state index in [1.54, 1.807) is 10.9 Å². The van der Waals surface area contributed by atoms with Gasteiger partial charge in [0.2, 0.25) is 0 Å². The number of hydrogen-bond donors (Lipinski definition) is 0. The Hall–Kier alpha value is -0.970. The van der Waals surface area contributed by atoms with Gasteiger partial charge >= 0.3 is 0 Å². The van der Waals surface area contributed by atoms with Gasteiger partial charge in [-0.2, -0.15) is 5.10 Å². The van der Waals surface area contributed by atoms with Crippen LogP contribution in [0.15, 0.2) is 12.3 Å². The number of rotatable bonds is 1. The molecule has 1 aromatic rings. The SMILES string of the molecule is Cn1nccc1[C@]12CCC(F)(F)C[C@H]1O2. The lowest BCUT2D eigenvalue weighted by Crippen LogP contribution is -2.31. The summed E-state index contributed by atoms with van der Waals surface area (Å²) in [6, 6.07) is 1.85. The molecule has 0 amide bonds. The monoisotopic (exact) mass is 214 g/mol. The highest BCUT2D eigenvalue weighted by Gasteiger charge is 2.65. The Kier molecular flexibility index (Phi) is 1.60. The molecule has 3 rings (SSSR count). The fourth-order valence-corrected chi connectivity index (χ4v) is 2.53. The van der Waals surface area contributed by atoms with Crippen molar-refractivity contribution in [1.29, 1.82) is 0 Å². The van der Waals surface area contributed by atoms with Crippen LogP contribution in [0.5, 0.6) is 0 Å². The first-order valence-corrected chi connectivity index (χ1v) is 5.08. The molecular weight excluding hydrogens is 202 g/mol. The van der Waals surface area contributed by atoms with Crippen molar-refractivity contribution in [1.82, 2.24) is 9.78 Å². The maximum Gasteiger partial charge on any atom is 0.250 e. The summed E-state index contributed by atoms with van der Waals surface area (Å²) in [6.07, 6.45) is 1.50. The van der Waals surface area contributed by atoms with Crippen LogP contribution in [0.25, 0.3) is 0 Å². The fourth-order valence-electron chi connectivity index (χ4n) is 2.53. The normalized spacial score (nSPS) is 37.4. The van der Waals surface area contributed by atoms with E-state index in [9.17, 15) is 8.78 Å². The second-order valence-electron chi connectivity index (χ2n) is 4.40. The molecule has 1 aliphatic carbocycles. The molecule has 0 aromatic carbocycles. The van der Waals surface area contributed by atoms with Gasteiger partial charge in [0.25, 0.3) is 5.92 Å². The van der Waals surface area contributed by atoms with Crippen molar-refractivity contribution in [2.45, 2.75) is 36.9 Å². The highest BCUT2D eigenvalue weighted by molar-refractivity contribution is 5.24. The van der Waals surface area contributed by atoms with Crippen LogP contribution in [-0.2, 0) is 17.4 Å². The van der Waals surface area contributed by atoms with Crippen LogP contribution in [0.2, 0.25) is 0 Å². The van der Waals surface area contributed by atoms with Gasteiger partial charge in [-0.25, -0.2) is 8.78 Å². The Morgan fingerprint density at radius 2 is 2.33 bits per heavy atom. The Morgan fingerprint density at radius 3 is 2.93 bits per heavy atom. The smallest absolute Gasteiger partial charge is 0.250 e. The molecule has 15 heavy (non-hydrogen) atoms. The molecule has 1 aliphatic heterocycles. The van der Waals surface area contributed by atoms with Crippen LogP contribution >= 0.6 is 0 Å². The van der Waals surface area contributed by atoms with Gasteiger partial charge in [-0.1, -0.05) is 0 Å². The van der Waals surface area contributed by atoms with E-state index in [0.29, 0.717) is 6.42 Å². The largest absolute Gasteiger partial charge is 0.359 e. The lowest BCUT2D eigenvalue weighted by atomic mass is 9.84. The Labute approximate surface area is 86.0 Å². The zero-order valence-electron chi connectivity index (χ0n) is 8.41. The van der Waals surface area contributed by atoms with Crippen molar-refractivity contribution in [3.05, 3.63) is 18.0 Å². The Balaban J connectivity index is 1.89. The molecule has 1 aromatic heterocycles. The van der Waals surface area contributed by atoms with Crippen LogP contribution in [0.4, 0.5) is 8.78 Å². The number of halogens is 2. The zero-order chi connectivity index (χ0) is 10.7. The minimum absolute atomic E-state index is 0.0886. The number of nitrogens with zero attached hydrogens (tertiary/aromatic N) is 2. The summed E-state index contributed by atoms with van der Waals surface area (Å²) in [6.45, 7) is 0. The second kappa shape index (κ2) is 2.58. The summed E-state index contributed by atoms with van der Waals surface area (Å²) < 4.78 is 33.4. The molecule has 2 atom stereocenters. The predicted molar refractivity (Wildman–Crippen MR) is 48.6 cm³/mol. The summed E-state index contributed by atoms with van der Waals surface area (Å²) in [4.78, 5) is 0. The van der Waals surface area contributed by atoms with Crippen molar-refractivity contribution in [3.63, 3.8) is 0 Å². The first-order chi connectivity index (χ1) is 7.04. The molecule has 2 heterocycles. The lowest BCUT2D eigenvalue weighted by Gasteiger charge is -2.24. The van der Waals surface area contributed by atoms with Crippen LogP contribution < -0.4 is 0 Å². The van der Waals surface area contributed by atoms with Gasteiger partial charge in [-0.3, -0.25) is 4.68 Å². The number of hydrogen-bond acceptors (Lipinski definition) is 2. The van der Waals surface area contributed by atoms with Gasteiger partial charge in [0.05, 0.1) is 11.8 Å². The second-order valence-corrected chi connectivity index (χ2v) is 4.40. The van der Waals surface area contributed by atoms with Crippen molar-refractivity contribution in [2.75, 3.05) is 0 Å². The van der Waals surface area contributed by atoms with Crippen LogP contribution in [0, 0.1) is 0 Å². The quantitative estimate of drug-likeness (QED) is 0.668. The highest BCUT2D eigenvalue weighted by atomic mass is 19.3. The standard InChI is InChI=1S/C10H12F2N2O/c1-14-7(2-5-13-14)10-4-3-9(11,12)6-8(10)15-10/h2,5,8H,3-4,6H2,1H3/t8-,10-/m1/s1. The van der Waals surface area contributed by atoms with E-state index in [1.165, 1.54) is 0 Å². The summed E-state index contributed by atoms with van der Waals surface area (Å²) in [5.41, 5.74) is 0.454. The average Bonchev–Trinajstić information content (AvgIpc) is 2.68. The van der Waals surface area contributed by atoms with E-state index < -0.39 is 11.5 Å². The topological polar surface area (TPSA) is 30.4 Å². The maximum absolute atomic E-state index is 13.1. The molecule has 0 bridgehead atoms. The minimum Gasteiger partial charge on any atom is -0.359 e.